The summed E-state index contributed by atoms with van der Waals surface area (Å²) in [5.74, 6) is -0.743. The molecule has 0 aromatic heterocycles. The minimum Gasteiger partial charge on any atom is -0.350 e. The monoisotopic (exact) mass is 597 g/mol. The Kier molecular flexibility index (Phi) is 10.6. The van der Waals surface area contributed by atoms with Gasteiger partial charge in [-0.3, -0.25) is 13.9 Å². The number of nitrogens with one attached hydrogen (secondary N) is 1. The van der Waals surface area contributed by atoms with Crippen LogP contribution in [0.5, 0.6) is 0 Å². The van der Waals surface area contributed by atoms with Gasteiger partial charge in [0, 0.05) is 17.1 Å². The van der Waals surface area contributed by atoms with E-state index < -0.39 is 34.1 Å². The molecule has 0 saturated carbocycles. The average molecular weight is 598 g/mol. The van der Waals surface area contributed by atoms with Gasteiger partial charge in [0.25, 0.3) is 10.0 Å². The fraction of sp³-hybridized carbons (Fsp3) is 0.375. The maximum Gasteiger partial charge on any atom is 0.264 e. The van der Waals surface area contributed by atoms with Crippen molar-refractivity contribution < 1.29 is 18.0 Å². The molecule has 41 heavy (non-hydrogen) atoms. The Morgan fingerprint density at radius 1 is 0.927 bits per heavy atom. The third kappa shape index (κ3) is 8.57. The maximum atomic E-state index is 14.1. The van der Waals surface area contributed by atoms with E-state index in [0.29, 0.717) is 23.6 Å². The number of amides is 2. The number of rotatable bonds is 11. The molecule has 0 spiro atoms. The quantitative estimate of drug-likeness (QED) is 0.297. The zero-order chi connectivity index (χ0) is 30.4. The van der Waals surface area contributed by atoms with Gasteiger partial charge in [-0.05, 0) is 101 Å². The van der Waals surface area contributed by atoms with Crippen molar-refractivity contribution in [2.45, 2.75) is 70.9 Å². The first-order valence-corrected chi connectivity index (χ1v) is 15.6. The second-order valence-electron chi connectivity index (χ2n) is 11.2. The summed E-state index contributed by atoms with van der Waals surface area (Å²) >= 11 is 6.03. The Bertz CT molecular complexity index is 1450. The van der Waals surface area contributed by atoms with E-state index in [1.165, 1.54) is 29.2 Å². The standard InChI is InChI=1S/C32H40ClN3O4S/c1-7-29(31(38)34-32(4,5)6)35(20-19-25-11-9-8-10-12-25)30(37)22-36(27-16-13-23(2)24(3)21-27)41(39,40)28-17-14-26(33)15-18-28/h8-18,21,29H,7,19-20,22H2,1-6H3,(H,34,38)/t29-/m1/s1. The number of carbonyl (C=O) groups is 2. The van der Waals surface area contributed by atoms with Crippen LogP contribution in [0.1, 0.15) is 50.8 Å². The third-order valence-corrected chi connectivity index (χ3v) is 8.87. The number of hydrogen-bond donors (Lipinski definition) is 1. The second-order valence-corrected chi connectivity index (χ2v) is 13.5. The molecule has 3 aromatic rings. The third-order valence-electron chi connectivity index (χ3n) is 6.83. The molecule has 1 N–H and O–H groups in total. The number of nitrogens with zero attached hydrogens (tertiary/aromatic N) is 2. The highest BCUT2D eigenvalue weighted by Crippen LogP contribution is 2.27. The smallest absolute Gasteiger partial charge is 0.264 e. The summed E-state index contributed by atoms with van der Waals surface area (Å²) in [4.78, 5) is 29.0. The van der Waals surface area contributed by atoms with E-state index in [2.05, 4.69) is 5.32 Å². The van der Waals surface area contributed by atoms with Gasteiger partial charge in [-0.25, -0.2) is 8.42 Å². The summed E-state index contributed by atoms with van der Waals surface area (Å²) in [6.45, 7) is 11.1. The zero-order valence-electron chi connectivity index (χ0n) is 24.6. The van der Waals surface area contributed by atoms with Crippen molar-refractivity contribution in [2.75, 3.05) is 17.4 Å². The summed E-state index contributed by atoms with van der Waals surface area (Å²) in [6, 6.07) is 20.1. The van der Waals surface area contributed by atoms with E-state index in [1.807, 2.05) is 77.9 Å². The SMILES string of the molecule is CC[C@H](C(=O)NC(C)(C)C)N(CCc1ccccc1)C(=O)CN(c1ccc(C)c(C)c1)S(=O)(=O)c1ccc(Cl)cc1. The number of hydrogen-bond acceptors (Lipinski definition) is 4. The van der Waals surface area contributed by atoms with Gasteiger partial charge in [-0.2, -0.15) is 0 Å². The van der Waals surface area contributed by atoms with Crippen molar-refractivity contribution in [3.05, 3.63) is 94.5 Å². The van der Waals surface area contributed by atoms with Crippen molar-refractivity contribution in [1.29, 1.82) is 0 Å². The molecule has 1 atom stereocenters. The van der Waals surface area contributed by atoms with Gasteiger partial charge < -0.3 is 10.2 Å². The molecule has 3 aromatic carbocycles. The topological polar surface area (TPSA) is 86.8 Å². The fourth-order valence-corrected chi connectivity index (χ4v) is 6.02. The van der Waals surface area contributed by atoms with Crippen LogP contribution in [0.4, 0.5) is 5.69 Å². The van der Waals surface area contributed by atoms with Crippen molar-refractivity contribution in [3.63, 3.8) is 0 Å². The van der Waals surface area contributed by atoms with Gasteiger partial charge in [0.15, 0.2) is 0 Å². The minimum absolute atomic E-state index is 0.0151. The average Bonchev–Trinajstić information content (AvgIpc) is 2.90. The van der Waals surface area contributed by atoms with Gasteiger partial charge in [0.1, 0.15) is 12.6 Å². The molecule has 7 nitrogen and oxygen atoms in total. The number of anilines is 1. The second kappa shape index (κ2) is 13.5. The molecule has 0 fully saturated rings. The molecule has 0 radical (unpaired) electrons. The summed E-state index contributed by atoms with van der Waals surface area (Å²) < 4.78 is 29.1. The van der Waals surface area contributed by atoms with E-state index in [-0.39, 0.29) is 17.3 Å². The predicted molar refractivity (Wildman–Crippen MR) is 166 cm³/mol. The molecule has 0 bridgehead atoms. The molecular weight excluding hydrogens is 558 g/mol. The maximum absolute atomic E-state index is 14.1. The van der Waals surface area contributed by atoms with Gasteiger partial charge in [-0.1, -0.05) is 54.9 Å². The minimum atomic E-state index is -4.15. The van der Waals surface area contributed by atoms with Crippen molar-refractivity contribution >= 4 is 39.1 Å². The summed E-state index contributed by atoms with van der Waals surface area (Å²) in [5.41, 5.74) is 2.77. The van der Waals surface area contributed by atoms with Gasteiger partial charge in [0.2, 0.25) is 11.8 Å². The molecule has 0 aliphatic rings. The van der Waals surface area contributed by atoms with Crippen LogP contribution in [0.15, 0.2) is 77.7 Å². The van der Waals surface area contributed by atoms with Crippen LogP contribution in [0.2, 0.25) is 5.02 Å². The Morgan fingerprint density at radius 2 is 1.56 bits per heavy atom. The van der Waals surface area contributed by atoms with E-state index in [0.717, 1.165) is 21.0 Å². The van der Waals surface area contributed by atoms with E-state index in [1.54, 1.807) is 12.1 Å². The summed E-state index contributed by atoms with van der Waals surface area (Å²) in [6.07, 6.45) is 0.884. The predicted octanol–water partition coefficient (Wildman–Crippen LogP) is 5.92. The first kappa shape index (κ1) is 32.2. The molecule has 0 unspecified atom stereocenters. The van der Waals surface area contributed by atoms with Gasteiger partial charge in [0.05, 0.1) is 10.6 Å². The lowest BCUT2D eigenvalue weighted by molar-refractivity contribution is -0.140. The molecule has 3 rings (SSSR count). The summed E-state index contributed by atoms with van der Waals surface area (Å²) in [7, 11) is -4.15. The molecule has 2 amide bonds. The number of halogens is 1. The van der Waals surface area contributed by atoms with Gasteiger partial charge in [-0.15, -0.1) is 0 Å². The van der Waals surface area contributed by atoms with Crippen LogP contribution in [-0.2, 0) is 26.0 Å². The van der Waals surface area contributed by atoms with Crippen LogP contribution < -0.4 is 9.62 Å². The Balaban J connectivity index is 2.04. The number of aryl methyl sites for hydroxylation is 2. The highest BCUT2D eigenvalue weighted by molar-refractivity contribution is 7.92. The van der Waals surface area contributed by atoms with Crippen LogP contribution >= 0.6 is 11.6 Å². The normalized spacial score (nSPS) is 12.5. The Hall–Kier alpha value is -3.36. The fourth-order valence-electron chi connectivity index (χ4n) is 4.49. The molecular formula is C32H40ClN3O4S. The van der Waals surface area contributed by atoms with Crippen LogP contribution in [-0.4, -0.2) is 49.8 Å². The molecule has 0 heterocycles. The molecule has 220 valence electrons. The van der Waals surface area contributed by atoms with Crippen molar-refractivity contribution in [2.24, 2.45) is 0 Å². The van der Waals surface area contributed by atoms with Crippen LogP contribution in [0.25, 0.3) is 0 Å². The number of carbonyl (C=O) groups excluding carboxylic acids is 2. The zero-order valence-corrected chi connectivity index (χ0v) is 26.2. The summed E-state index contributed by atoms with van der Waals surface area (Å²) in [5, 5.41) is 3.39. The lowest BCUT2D eigenvalue weighted by Crippen LogP contribution is -2.56. The lowest BCUT2D eigenvalue weighted by Gasteiger charge is -2.35. The Labute approximate surface area is 249 Å². The van der Waals surface area contributed by atoms with E-state index in [9.17, 15) is 18.0 Å². The highest BCUT2D eigenvalue weighted by atomic mass is 35.5. The van der Waals surface area contributed by atoms with Crippen LogP contribution in [0.3, 0.4) is 0 Å². The molecule has 0 aliphatic heterocycles. The van der Waals surface area contributed by atoms with Gasteiger partial charge >= 0.3 is 0 Å². The van der Waals surface area contributed by atoms with Crippen molar-refractivity contribution in [3.8, 4) is 0 Å². The molecule has 0 aliphatic carbocycles. The van der Waals surface area contributed by atoms with E-state index >= 15 is 0 Å². The lowest BCUT2D eigenvalue weighted by atomic mass is 10.1. The molecule has 0 saturated heterocycles. The highest BCUT2D eigenvalue weighted by Gasteiger charge is 2.34. The van der Waals surface area contributed by atoms with Crippen molar-refractivity contribution in [1.82, 2.24) is 10.2 Å². The number of benzene rings is 3. The van der Waals surface area contributed by atoms with E-state index in [4.69, 9.17) is 11.6 Å². The first-order valence-electron chi connectivity index (χ1n) is 13.7. The first-order chi connectivity index (χ1) is 19.2. The largest absolute Gasteiger partial charge is 0.350 e. The number of sulfonamides is 1. The van der Waals surface area contributed by atoms with Crippen LogP contribution in [0, 0.1) is 13.8 Å². The Morgan fingerprint density at radius 3 is 2.12 bits per heavy atom. The molecule has 9 heteroatoms.